The van der Waals surface area contributed by atoms with Crippen LogP contribution in [0.25, 0.3) is 5.69 Å². The van der Waals surface area contributed by atoms with Crippen LogP contribution in [0.2, 0.25) is 0 Å². The van der Waals surface area contributed by atoms with E-state index in [-0.39, 0.29) is 30.5 Å². The molecule has 2 amide bonds. The molecule has 0 unspecified atom stereocenters. The van der Waals surface area contributed by atoms with Gasteiger partial charge < -0.3 is 14.4 Å². The number of hydrogen-bond donors (Lipinski definition) is 1. The smallest absolute Gasteiger partial charge is 0.411 e. The van der Waals surface area contributed by atoms with Gasteiger partial charge in [-0.1, -0.05) is 18.2 Å². The Bertz CT molecular complexity index is 1430. The standard InChI is InChI=1S/C28H29N5O5/c1-28(2,3)38-27(36)32-16-21(17-32)18-37-26(35)30-22-8-4-6-19(12-22)14-24-25(34)10-11-33(31-24)23-9-5-7-20(13-23)15-29/h4-13,21H,14,16-18H2,1-3H3,(H,30,35). The number of aromatic nitrogens is 2. The van der Waals surface area contributed by atoms with E-state index in [1.807, 2.05) is 26.8 Å². The number of likely N-dealkylation sites (tertiary alicyclic amines) is 1. The van der Waals surface area contributed by atoms with E-state index in [1.165, 1.54) is 6.07 Å². The summed E-state index contributed by atoms with van der Waals surface area (Å²) in [5.74, 6) is 0.0554. The van der Waals surface area contributed by atoms with E-state index in [0.717, 1.165) is 5.56 Å². The maximum Gasteiger partial charge on any atom is 0.411 e. The van der Waals surface area contributed by atoms with Crippen LogP contribution in [-0.2, 0) is 15.9 Å². The van der Waals surface area contributed by atoms with E-state index >= 15 is 0 Å². The average molecular weight is 516 g/mol. The number of nitrogens with one attached hydrogen (secondary N) is 1. The second-order valence-corrected chi connectivity index (χ2v) is 10.1. The van der Waals surface area contributed by atoms with Gasteiger partial charge in [0.05, 0.1) is 23.9 Å². The molecule has 1 saturated heterocycles. The molecule has 1 N–H and O–H groups in total. The quantitative estimate of drug-likeness (QED) is 0.523. The van der Waals surface area contributed by atoms with E-state index in [4.69, 9.17) is 14.7 Å². The number of carbonyl (C=O) groups excluding carboxylic acids is 2. The molecule has 3 aromatic rings. The van der Waals surface area contributed by atoms with Crippen molar-refractivity contribution in [3.8, 4) is 11.8 Å². The minimum atomic E-state index is -0.601. The number of nitrogens with zero attached hydrogens (tertiary/aromatic N) is 4. The summed E-state index contributed by atoms with van der Waals surface area (Å²) in [7, 11) is 0. The van der Waals surface area contributed by atoms with Crippen LogP contribution in [0.5, 0.6) is 0 Å². The summed E-state index contributed by atoms with van der Waals surface area (Å²) in [5.41, 5.74) is 2.03. The molecule has 0 spiro atoms. The van der Waals surface area contributed by atoms with E-state index < -0.39 is 11.7 Å². The van der Waals surface area contributed by atoms with Crippen molar-refractivity contribution in [3.05, 3.63) is 87.8 Å². The summed E-state index contributed by atoms with van der Waals surface area (Å²) in [4.78, 5) is 38.4. The minimum absolute atomic E-state index is 0.0554. The molecule has 0 saturated carbocycles. The van der Waals surface area contributed by atoms with Gasteiger partial charge in [-0.25, -0.2) is 14.3 Å². The van der Waals surface area contributed by atoms with Gasteiger partial charge >= 0.3 is 12.2 Å². The molecule has 0 bridgehead atoms. The highest BCUT2D eigenvalue weighted by Crippen LogP contribution is 2.20. The predicted molar refractivity (Wildman–Crippen MR) is 140 cm³/mol. The Morgan fingerprint density at radius 3 is 2.63 bits per heavy atom. The number of nitriles is 1. The molecule has 10 nitrogen and oxygen atoms in total. The zero-order valence-electron chi connectivity index (χ0n) is 21.5. The Balaban J connectivity index is 1.31. The number of carbonyl (C=O) groups is 2. The molecule has 1 aliphatic rings. The van der Waals surface area contributed by atoms with E-state index in [0.29, 0.717) is 35.7 Å². The lowest BCUT2D eigenvalue weighted by Gasteiger charge is -2.39. The third kappa shape index (κ3) is 6.97. The molecule has 1 aliphatic heterocycles. The molecular formula is C28H29N5O5. The van der Waals surface area contributed by atoms with Crippen molar-refractivity contribution >= 4 is 17.9 Å². The van der Waals surface area contributed by atoms with Gasteiger partial charge in [0, 0.05) is 43.4 Å². The van der Waals surface area contributed by atoms with Crippen molar-refractivity contribution in [1.82, 2.24) is 14.7 Å². The Morgan fingerprint density at radius 1 is 1.13 bits per heavy atom. The Kier molecular flexibility index (Phi) is 7.76. The fraction of sp³-hybridized carbons (Fsp3) is 0.321. The van der Waals surface area contributed by atoms with Crippen molar-refractivity contribution in [2.24, 2.45) is 5.92 Å². The van der Waals surface area contributed by atoms with Gasteiger partial charge in [-0.15, -0.1) is 0 Å². The van der Waals surface area contributed by atoms with Crippen LogP contribution in [-0.4, -0.2) is 52.2 Å². The topological polar surface area (TPSA) is 127 Å². The molecular weight excluding hydrogens is 486 g/mol. The van der Waals surface area contributed by atoms with Gasteiger partial charge in [-0.05, 0) is 56.7 Å². The Hall–Kier alpha value is -4.65. The molecule has 0 atom stereocenters. The first-order chi connectivity index (χ1) is 18.1. The molecule has 2 heterocycles. The van der Waals surface area contributed by atoms with Gasteiger partial charge in [0.1, 0.15) is 11.3 Å². The normalized spacial score (nSPS) is 13.3. The zero-order chi connectivity index (χ0) is 27.3. The fourth-order valence-electron chi connectivity index (χ4n) is 3.88. The van der Waals surface area contributed by atoms with E-state index in [9.17, 15) is 14.4 Å². The first kappa shape index (κ1) is 26.4. The van der Waals surface area contributed by atoms with Crippen LogP contribution in [0.3, 0.4) is 0 Å². The minimum Gasteiger partial charge on any atom is -0.449 e. The average Bonchev–Trinajstić information content (AvgIpc) is 2.83. The fourth-order valence-corrected chi connectivity index (χ4v) is 3.88. The van der Waals surface area contributed by atoms with Gasteiger partial charge in [0.15, 0.2) is 0 Å². The highest BCUT2D eigenvalue weighted by atomic mass is 16.6. The van der Waals surface area contributed by atoms with Crippen molar-refractivity contribution in [3.63, 3.8) is 0 Å². The zero-order valence-corrected chi connectivity index (χ0v) is 21.5. The molecule has 2 aromatic carbocycles. The molecule has 0 aliphatic carbocycles. The lowest BCUT2D eigenvalue weighted by atomic mass is 10.0. The predicted octanol–water partition coefficient (Wildman–Crippen LogP) is 4.11. The van der Waals surface area contributed by atoms with E-state index in [1.54, 1.807) is 58.2 Å². The van der Waals surface area contributed by atoms with Crippen molar-refractivity contribution in [2.75, 3.05) is 25.0 Å². The second-order valence-electron chi connectivity index (χ2n) is 10.1. The molecule has 10 heteroatoms. The lowest BCUT2D eigenvalue weighted by Crippen LogP contribution is -2.53. The summed E-state index contributed by atoms with van der Waals surface area (Å²) in [6.07, 6.45) is 0.844. The first-order valence-corrected chi connectivity index (χ1v) is 12.2. The maximum absolute atomic E-state index is 12.5. The first-order valence-electron chi connectivity index (χ1n) is 12.2. The number of ether oxygens (including phenoxy) is 2. The van der Waals surface area contributed by atoms with Crippen LogP contribution in [0.1, 0.15) is 37.6 Å². The van der Waals surface area contributed by atoms with Crippen LogP contribution in [0.15, 0.2) is 65.6 Å². The van der Waals surface area contributed by atoms with Crippen molar-refractivity contribution in [2.45, 2.75) is 32.8 Å². The molecule has 4 rings (SSSR count). The number of hydrogen-bond acceptors (Lipinski definition) is 7. The number of amides is 2. The largest absolute Gasteiger partial charge is 0.449 e. The number of anilines is 1. The van der Waals surface area contributed by atoms with Crippen LogP contribution < -0.4 is 10.7 Å². The molecule has 0 radical (unpaired) electrons. The van der Waals surface area contributed by atoms with Crippen LogP contribution in [0.4, 0.5) is 15.3 Å². The summed E-state index contributed by atoms with van der Waals surface area (Å²) in [6.45, 7) is 6.57. The van der Waals surface area contributed by atoms with Gasteiger partial charge in [0.2, 0.25) is 5.43 Å². The van der Waals surface area contributed by atoms with Crippen molar-refractivity contribution < 1.29 is 19.1 Å². The monoisotopic (exact) mass is 515 g/mol. The van der Waals surface area contributed by atoms with Gasteiger partial charge in [0.25, 0.3) is 0 Å². The number of rotatable bonds is 6. The summed E-state index contributed by atoms with van der Waals surface area (Å²) in [6, 6.07) is 17.6. The molecule has 196 valence electrons. The molecule has 1 aromatic heterocycles. The van der Waals surface area contributed by atoms with Gasteiger partial charge in [-0.3, -0.25) is 10.1 Å². The highest BCUT2D eigenvalue weighted by molar-refractivity contribution is 5.84. The van der Waals surface area contributed by atoms with E-state index in [2.05, 4.69) is 16.5 Å². The summed E-state index contributed by atoms with van der Waals surface area (Å²) < 4.78 is 12.2. The Labute approximate surface area is 220 Å². The third-order valence-corrected chi connectivity index (χ3v) is 5.72. The van der Waals surface area contributed by atoms with Gasteiger partial charge in [-0.2, -0.15) is 10.4 Å². The summed E-state index contributed by atoms with van der Waals surface area (Å²) in [5, 5.41) is 16.3. The van der Waals surface area contributed by atoms with Crippen LogP contribution >= 0.6 is 0 Å². The Morgan fingerprint density at radius 2 is 1.89 bits per heavy atom. The molecule has 1 fully saturated rings. The summed E-state index contributed by atoms with van der Waals surface area (Å²) >= 11 is 0. The SMILES string of the molecule is CC(C)(C)OC(=O)N1CC(COC(=O)Nc2cccc(Cc3nn(-c4cccc(C#N)c4)ccc3=O)c2)C1. The molecule has 38 heavy (non-hydrogen) atoms. The van der Waals surface area contributed by atoms with Crippen molar-refractivity contribution in [1.29, 1.82) is 5.26 Å². The highest BCUT2D eigenvalue weighted by Gasteiger charge is 2.34. The number of benzene rings is 2. The lowest BCUT2D eigenvalue weighted by molar-refractivity contribution is -0.0108. The second kappa shape index (κ2) is 11.2. The third-order valence-electron chi connectivity index (χ3n) is 5.72. The van der Waals surface area contributed by atoms with Crippen LogP contribution in [0, 0.1) is 17.2 Å². The maximum atomic E-state index is 12.5.